The van der Waals surface area contributed by atoms with E-state index in [-0.39, 0.29) is 0 Å². The molecule has 0 saturated heterocycles. The summed E-state index contributed by atoms with van der Waals surface area (Å²) < 4.78 is 9.50. The van der Waals surface area contributed by atoms with Gasteiger partial charge in [0.1, 0.15) is 6.07 Å². The molecule has 0 spiro atoms. The van der Waals surface area contributed by atoms with Crippen LogP contribution in [0.4, 0.5) is 0 Å². The van der Waals surface area contributed by atoms with Crippen LogP contribution in [0.25, 0.3) is 144 Å². The van der Waals surface area contributed by atoms with E-state index in [0.29, 0.717) is 5.56 Å². The molecule has 0 atom stereocenters. The van der Waals surface area contributed by atoms with Crippen molar-refractivity contribution in [2.24, 2.45) is 0 Å². The summed E-state index contributed by atoms with van der Waals surface area (Å²) in [6.45, 7) is 8.39. The van der Waals surface area contributed by atoms with Crippen molar-refractivity contribution in [2.75, 3.05) is 0 Å². The molecule has 16 aromatic rings. The average Bonchev–Trinajstić information content (AvgIpc) is 2.40. The summed E-state index contributed by atoms with van der Waals surface area (Å²) in [5.74, 6) is 0. The maximum atomic E-state index is 12.5. The van der Waals surface area contributed by atoms with E-state index in [9.17, 15) is 5.26 Å². The molecule has 0 bridgehead atoms. The predicted octanol–water partition coefficient (Wildman–Crippen LogP) is 18.4. The molecule has 16 rings (SSSR count). The van der Waals surface area contributed by atoms with Gasteiger partial charge in [-0.1, -0.05) is 120 Å². The smallest absolute Gasteiger partial charge is 0.101 e. The molecule has 7 heterocycles. The first-order chi connectivity index (χ1) is 40.3. The van der Waals surface area contributed by atoms with Gasteiger partial charge < -0.3 is 18.3 Å². The van der Waals surface area contributed by atoms with Crippen molar-refractivity contribution in [3.63, 3.8) is 0 Å². The molecule has 9 aromatic carbocycles. The summed E-state index contributed by atoms with van der Waals surface area (Å²) in [4.78, 5) is 15.2. The molecule has 0 aliphatic carbocycles. The highest BCUT2D eigenvalue weighted by molar-refractivity contribution is 6.15. The van der Waals surface area contributed by atoms with Crippen molar-refractivity contribution in [3.05, 3.63) is 259 Å². The minimum Gasteiger partial charge on any atom is -0.309 e. The average molecular weight is 1050 g/mol. The molecular weight excluding hydrogens is 1000 g/mol. The van der Waals surface area contributed by atoms with Crippen molar-refractivity contribution in [1.82, 2.24) is 33.2 Å². The van der Waals surface area contributed by atoms with Crippen LogP contribution in [-0.2, 0) is 0 Å². The van der Waals surface area contributed by atoms with Gasteiger partial charge in [-0.3, -0.25) is 15.0 Å². The topological polar surface area (TPSA) is 82.2 Å². The molecule has 0 N–H and O–H groups in total. The number of nitriles is 1. The van der Waals surface area contributed by atoms with Crippen LogP contribution in [0.3, 0.4) is 0 Å². The largest absolute Gasteiger partial charge is 0.309 e. The van der Waals surface area contributed by atoms with Crippen LogP contribution in [-0.4, -0.2) is 33.2 Å². The Hall–Kier alpha value is -10.9. The number of para-hydroxylation sites is 4. The third-order valence-corrected chi connectivity index (χ3v) is 16.7. The second-order valence-electron chi connectivity index (χ2n) is 21.7. The number of hydrogen-bond donors (Lipinski definition) is 0. The van der Waals surface area contributed by atoms with Crippen molar-refractivity contribution in [2.45, 2.75) is 27.7 Å². The zero-order valence-electron chi connectivity index (χ0n) is 45.5. The van der Waals surface area contributed by atoms with E-state index >= 15 is 0 Å². The molecule has 386 valence electrons. The second kappa shape index (κ2) is 18.1. The second-order valence-corrected chi connectivity index (χ2v) is 21.7. The van der Waals surface area contributed by atoms with Crippen LogP contribution in [0, 0.1) is 39.0 Å². The summed E-state index contributed by atoms with van der Waals surface area (Å²) in [6.07, 6.45) is 3.75. The first-order valence-electron chi connectivity index (χ1n) is 27.8. The van der Waals surface area contributed by atoms with E-state index in [1.165, 1.54) is 32.7 Å². The molecule has 7 aromatic heterocycles. The Morgan fingerprint density at radius 2 is 0.720 bits per heavy atom. The van der Waals surface area contributed by atoms with E-state index in [1.807, 2.05) is 38.4 Å². The number of rotatable bonds is 7. The van der Waals surface area contributed by atoms with Gasteiger partial charge in [-0.15, -0.1) is 0 Å². The molecule has 8 heteroatoms. The molecule has 0 aliphatic rings. The number of hydrogen-bond acceptors (Lipinski definition) is 4. The molecule has 0 unspecified atom stereocenters. The Bertz CT molecular complexity index is 5260. The minimum absolute atomic E-state index is 0.536. The fourth-order valence-electron chi connectivity index (χ4n) is 13.4. The third kappa shape index (κ3) is 6.93. The lowest BCUT2D eigenvalue weighted by atomic mass is 9.82. The lowest BCUT2D eigenvalue weighted by Crippen LogP contribution is -2.12. The fourth-order valence-corrected chi connectivity index (χ4v) is 13.4. The Labute approximate surface area is 472 Å². The maximum Gasteiger partial charge on any atom is 0.101 e. The number of fused-ring (bicyclic) bond motifs is 12. The van der Waals surface area contributed by atoms with Gasteiger partial charge in [-0.05, 0) is 154 Å². The first-order valence-corrected chi connectivity index (χ1v) is 27.8. The normalized spacial score (nSPS) is 11.9. The Kier molecular flexibility index (Phi) is 10.4. The molecular formula is C74H50N8. The third-order valence-electron chi connectivity index (χ3n) is 16.7. The molecule has 82 heavy (non-hydrogen) atoms. The Morgan fingerprint density at radius 1 is 0.329 bits per heavy atom. The van der Waals surface area contributed by atoms with Crippen molar-refractivity contribution in [1.29, 1.82) is 5.26 Å². The van der Waals surface area contributed by atoms with E-state index in [2.05, 4.69) is 244 Å². The SMILES string of the molecule is Cc1ccc2c(c1)c1ccccc1n2-c1ccc(-c2c(C#N)c(-c3cc(C)nc(C)c3)c(-c3ccc(-n4c5ccccc5c5cc(C)ccc54)cc3)c(-n3c4ccccc4c4ncccc43)c2-n2c3ccccc3c3ncccc32)cc1. The zero-order chi connectivity index (χ0) is 54.9. The molecule has 8 nitrogen and oxygen atoms in total. The number of aryl methyl sites for hydroxylation is 4. The van der Waals surface area contributed by atoms with Gasteiger partial charge >= 0.3 is 0 Å². The van der Waals surface area contributed by atoms with Crippen molar-refractivity contribution in [3.8, 4) is 62.2 Å². The van der Waals surface area contributed by atoms with Crippen LogP contribution in [0.2, 0.25) is 0 Å². The number of nitrogens with zero attached hydrogens (tertiary/aromatic N) is 8. The Morgan fingerprint density at radius 3 is 1.18 bits per heavy atom. The van der Waals surface area contributed by atoms with Gasteiger partial charge in [0.05, 0.1) is 72.1 Å². The number of aromatic nitrogens is 7. The van der Waals surface area contributed by atoms with Gasteiger partial charge in [0.25, 0.3) is 0 Å². The predicted molar refractivity (Wildman–Crippen MR) is 337 cm³/mol. The van der Waals surface area contributed by atoms with Crippen LogP contribution in [0.5, 0.6) is 0 Å². The van der Waals surface area contributed by atoms with Crippen LogP contribution in [0.1, 0.15) is 28.1 Å². The standard InChI is InChI=1S/C74H50N8/c1-44-25-35-64-57(39-44)53-15-5-9-19-60(53)79(64)51-31-27-48(28-32-51)69-59(43-75)68(50-41-46(3)78-47(4)42-50)70(49-29-33-52(34-30-49)80-61-20-10-6-16-54(61)58-40-45(2)26-36-65(58)80)74(82-63-22-12-8-18-56(63)72-67(82)24-14-38-77-72)73(69)81-62-21-11-7-17-55(62)71-66(81)23-13-37-76-71/h5-42H,1-4H3. The van der Waals surface area contributed by atoms with Crippen LogP contribution in [0.15, 0.2) is 231 Å². The fraction of sp³-hybridized carbons (Fsp3) is 0.0541. The van der Waals surface area contributed by atoms with Crippen molar-refractivity contribution < 1.29 is 0 Å². The van der Waals surface area contributed by atoms with Crippen LogP contribution < -0.4 is 0 Å². The van der Waals surface area contributed by atoms with Gasteiger partial charge in [0.2, 0.25) is 0 Å². The highest BCUT2D eigenvalue weighted by atomic mass is 15.1. The van der Waals surface area contributed by atoms with E-state index in [1.54, 1.807) is 0 Å². The van der Waals surface area contributed by atoms with Gasteiger partial charge in [-0.25, -0.2) is 0 Å². The first kappa shape index (κ1) is 47.1. The lowest BCUT2D eigenvalue weighted by molar-refractivity contribution is 1.09. The van der Waals surface area contributed by atoms with Gasteiger partial charge in [0, 0.05) is 84.2 Å². The summed E-state index contributed by atoms with van der Waals surface area (Å²) in [7, 11) is 0. The minimum atomic E-state index is 0.536. The summed E-state index contributed by atoms with van der Waals surface area (Å²) in [5, 5.41) is 19.3. The highest BCUT2D eigenvalue weighted by Gasteiger charge is 2.33. The molecule has 0 aliphatic heterocycles. The maximum absolute atomic E-state index is 12.5. The van der Waals surface area contributed by atoms with Crippen molar-refractivity contribution >= 4 is 87.5 Å². The lowest BCUT2D eigenvalue weighted by Gasteiger charge is -2.28. The van der Waals surface area contributed by atoms with Crippen LogP contribution >= 0.6 is 0 Å². The van der Waals surface area contributed by atoms with E-state index in [0.717, 1.165) is 133 Å². The van der Waals surface area contributed by atoms with E-state index < -0.39 is 0 Å². The molecule has 0 fully saturated rings. The van der Waals surface area contributed by atoms with Gasteiger partial charge in [-0.2, -0.15) is 5.26 Å². The molecule has 0 radical (unpaired) electrons. The summed E-state index contributed by atoms with van der Waals surface area (Å²) >= 11 is 0. The highest BCUT2D eigenvalue weighted by Crippen LogP contribution is 2.52. The monoisotopic (exact) mass is 1050 g/mol. The summed E-state index contributed by atoms with van der Waals surface area (Å²) in [5.41, 5.74) is 23.7. The summed E-state index contributed by atoms with van der Waals surface area (Å²) in [6, 6.07) is 81.3. The van der Waals surface area contributed by atoms with Gasteiger partial charge in [0.15, 0.2) is 0 Å². The molecule has 0 amide bonds. The number of benzene rings is 9. The zero-order valence-corrected chi connectivity index (χ0v) is 45.5. The Balaban J connectivity index is 1.09. The van der Waals surface area contributed by atoms with E-state index in [4.69, 9.17) is 15.0 Å². The quantitative estimate of drug-likeness (QED) is 0.159. The molecule has 0 saturated carbocycles. The number of pyridine rings is 3.